The molecular formula is C18H24N4O. The second-order valence-electron chi connectivity index (χ2n) is 5.57. The Balaban J connectivity index is 1.87. The standard InChI is InChI=1S/C18H24N4O/c1-3-4-5-11-19-18-20-12-10-16(22-18)17(23)21-13-15-8-6-14(2)7-9-15/h6-10,12H,3-5,11,13H2,1-2H3,(H,21,23)(H,19,20,22). The first-order valence-corrected chi connectivity index (χ1v) is 8.09. The van der Waals surface area contributed by atoms with Gasteiger partial charge in [0.1, 0.15) is 5.69 Å². The average Bonchev–Trinajstić information content (AvgIpc) is 2.58. The van der Waals surface area contributed by atoms with Crippen molar-refractivity contribution in [1.82, 2.24) is 15.3 Å². The predicted molar refractivity (Wildman–Crippen MR) is 92.4 cm³/mol. The van der Waals surface area contributed by atoms with Gasteiger partial charge in [-0.15, -0.1) is 0 Å². The van der Waals surface area contributed by atoms with Crippen LogP contribution in [0.3, 0.4) is 0 Å². The van der Waals surface area contributed by atoms with E-state index < -0.39 is 0 Å². The zero-order valence-corrected chi connectivity index (χ0v) is 13.8. The Morgan fingerprint density at radius 2 is 1.91 bits per heavy atom. The second-order valence-corrected chi connectivity index (χ2v) is 5.57. The van der Waals surface area contributed by atoms with Crippen molar-refractivity contribution in [3.63, 3.8) is 0 Å². The van der Waals surface area contributed by atoms with Crippen molar-refractivity contribution in [2.75, 3.05) is 11.9 Å². The number of aryl methyl sites for hydroxylation is 1. The first kappa shape index (κ1) is 16.9. The topological polar surface area (TPSA) is 66.9 Å². The first-order chi connectivity index (χ1) is 11.2. The summed E-state index contributed by atoms with van der Waals surface area (Å²) in [7, 11) is 0. The van der Waals surface area contributed by atoms with Crippen molar-refractivity contribution in [3.05, 3.63) is 53.3 Å². The van der Waals surface area contributed by atoms with E-state index in [1.807, 2.05) is 31.2 Å². The highest BCUT2D eigenvalue weighted by Gasteiger charge is 2.08. The van der Waals surface area contributed by atoms with Crippen LogP contribution in [-0.4, -0.2) is 22.4 Å². The summed E-state index contributed by atoms with van der Waals surface area (Å²) < 4.78 is 0. The molecule has 0 unspecified atom stereocenters. The molecule has 23 heavy (non-hydrogen) atoms. The van der Waals surface area contributed by atoms with Crippen molar-refractivity contribution in [1.29, 1.82) is 0 Å². The van der Waals surface area contributed by atoms with E-state index in [0.29, 0.717) is 18.2 Å². The van der Waals surface area contributed by atoms with Crippen LogP contribution in [0.25, 0.3) is 0 Å². The van der Waals surface area contributed by atoms with Crippen LogP contribution in [0.5, 0.6) is 0 Å². The van der Waals surface area contributed by atoms with Crippen molar-refractivity contribution in [2.45, 2.75) is 39.7 Å². The summed E-state index contributed by atoms with van der Waals surface area (Å²) in [6.45, 7) is 5.51. The van der Waals surface area contributed by atoms with Gasteiger partial charge < -0.3 is 10.6 Å². The second kappa shape index (κ2) is 8.88. The third-order valence-corrected chi connectivity index (χ3v) is 3.53. The molecule has 122 valence electrons. The molecule has 0 aliphatic heterocycles. The maximum Gasteiger partial charge on any atom is 0.270 e. The molecule has 1 aromatic carbocycles. The summed E-state index contributed by atoms with van der Waals surface area (Å²) in [6, 6.07) is 9.71. The van der Waals surface area contributed by atoms with Crippen LogP contribution in [0.15, 0.2) is 36.5 Å². The number of carbonyl (C=O) groups is 1. The fourth-order valence-electron chi connectivity index (χ4n) is 2.12. The highest BCUT2D eigenvalue weighted by atomic mass is 16.1. The van der Waals surface area contributed by atoms with Gasteiger partial charge in [0, 0.05) is 19.3 Å². The third-order valence-electron chi connectivity index (χ3n) is 3.53. The molecule has 0 saturated heterocycles. The minimum Gasteiger partial charge on any atom is -0.354 e. The Kier molecular flexibility index (Phi) is 6.54. The Bertz CT molecular complexity index is 625. The number of hydrogen-bond donors (Lipinski definition) is 2. The molecule has 0 fully saturated rings. The highest BCUT2D eigenvalue weighted by Crippen LogP contribution is 2.05. The number of carbonyl (C=O) groups excluding carboxylic acids is 1. The maximum absolute atomic E-state index is 12.2. The molecule has 5 nitrogen and oxygen atoms in total. The monoisotopic (exact) mass is 312 g/mol. The van der Waals surface area contributed by atoms with E-state index in [2.05, 4.69) is 27.5 Å². The van der Waals surface area contributed by atoms with Crippen molar-refractivity contribution in [2.24, 2.45) is 0 Å². The van der Waals surface area contributed by atoms with E-state index >= 15 is 0 Å². The number of nitrogens with zero attached hydrogens (tertiary/aromatic N) is 2. The smallest absolute Gasteiger partial charge is 0.270 e. The molecule has 5 heteroatoms. The lowest BCUT2D eigenvalue weighted by Crippen LogP contribution is -2.24. The molecule has 1 aromatic heterocycles. The number of nitrogens with one attached hydrogen (secondary N) is 2. The van der Waals surface area contributed by atoms with E-state index in [-0.39, 0.29) is 5.91 Å². The minimum absolute atomic E-state index is 0.190. The summed E-state index contributed by atoms with van der Waals surface area (Å²) >= 11 is 0. The molecule has 1 heterocycles. The number of rotatable bonds is 8. The quantitative estimate of drug-likeness (QED) is 0.734. The zero-order valence-electron chi connectivity index (χ0n) is 13.8. The summed E-state index contributed by atoms with van der Waals surface area (Å²) in [6.07, 6.45) is 5.02. The molecule has 0 spiro atoms. The number of amides is 1. The Hall–Kier alpha value is -2.43. The van der Waals surface area contributed by atoms with Crippen molar-refractivity contribution in [3.8, 4) is 0 Å². The van der Waals surface area contributed by atoms with Crippen LogP contribution in [0.1, 0.15) is 47.8 Å². The number of anilines is 1. The van der Waals surface area contributed by atoms with Gasteiger partial charge in [-0.05, 0) is 25.0 Å². The van der Waals surface area contributed by atoms with Crippen LogP contribution in [0.2, 0.25) is 0 Å². The molecule has 2 aromatic rings. The van der Waals surface area contributed by atoms with E-state index in [1.54, 1.807) is 12.3 Å². The third kappa shape index (κ3) is 5.70. The van der Waals surface area contributed by atoms with E-state index in [0.717, 1.165) is 18.5 Å². The van der Waals surface area contributed by atoms with Gasteiger partial charge in [0.15, 0.2) is 0 Å². The zero-order chi connectivity index (χ0) is 16.5. The van der Waals surface area contributed by atoms with Crippen LogP contribution < -0.4 is 10.6 Å². The number of benzene rings is 1. The average molecular weight is 312 g/mol. The van der Waals surface area contributed by atoms with Crippen LogP contribution >= 0.6 is 0 Å². The molecule has 0 saturated carbocycles. The van der Waals surface area contributed by atoms with Gasteiger partial charge in [0.05, 0.1) is 0 Å². The van der Waals surface area contributed by atoms with E-state index in [1.165, 1.54) is 18.4 Å². The summed E-state index contributed by atoms with van der Waals surface area (Å²) in [4.78, 5) is 20.6. The molecule has 0 bridgehead atoms. The number of aromatic nitrogens is 2. The molecule has 0 aliphatic rings. The molecule has 1 amide bonds. The van der Waals surface area contributed by atoms with Gasteiger partial charge >= 0.3 is 0 Å². The first-order valence-electron chi connectivity index (χ1n) is 8.09. The van der Waals surface area contributed by atoms with Gasteiger partial charge in [0.25, 0.3) is 5.91 Å². The Morgan fingerprint density at radius 3 is 2.65 bits per heavy atom. The molecule has 0 aliphatic carbocycles. The number of hydrogen-bond acceptors (Lipinski definition) is 4. The molecule has 0 radical (unpaired) electrons. The molecule has 0 atom stereocenters. The normalized spacial score (nSPS) is 10.3. The summed E-state index contributed by atoms with van der Waals surface area (Å²) in [5, 5.41) is 6.03. The van der Waals surface area contributed by atoms with Gasteiger partial charge in [-0.25, -0.2) is 9.97 Å². The molecule has 2 N–H and O–H groups in total. The Labute approximate surface area is 137 Å². The van der Waals surface area contributed by atoms with Gasteiger partial charge in [-0.2, -0.15) is 0 Å². The molecular weight excluding hydrogens is 288 g/mol. The lowest BCUT2D eigenvalue weighted by atomic mass is 10.1. The van der Waals surface area contributed by atoms with Gasteiger partial charge in [-0.3, -0.25) is 4.79 Å². The van der Waals surface area contributed by atoms with Gasteiger partial charge in [-0.1, -0.05) is 49.6 Å². The maximum atomic E-state index is 12.2. The van der Waals surface area contributed by atoms with Crippen LogP contribution in [0, 0.1) is 6.92 Å². The SMILES string of the molecule is CCCCCNc1nccc(C(=O)NCc2ccc(C)cc2)n1. The predicted octanol–water partition coefficient (Wildman–Crippen LogP) is 3.32. The largest absolute Gasteiger partial charge is 0.354 e. The van der Waals surface area contributed by atoms with Crippen molar-refractivity contribution < 1.29 is 4.79 Å². The summed E-state index contributed by atoms with van der Waals surface area (Å²) in [5.74, 6) is 0.314. The van der Waals surface area contributed by atoms with Crippen LogP contribution in [0.4, 0.5) is 5.95 Å². The van der Waals surface area contributed by atoms with E-state index in [4.69, 9.17) is 0 Å². The lowest BCUT2D eigenvalue weighted by molar-refractivity contribution is 0.0946. The number of unbranched alkanes of at least 4 members (excludes halogenated alkanes) is 2. The van der Waals surface area contributed by atoms with E-state index in [9.17, 15) is 4.79 Å². The minimum atomic E-state index is -0.190. The van der Waals surface area contributed by atoms with Crippen molar-refractivity contribution >= 4 is 11.9 Å². The van der Waals surface area contributed by atoms with Gasteiger partial charge in [0.2, 0.25) is 5.95 Å². The Morgan fingerprint density at radius 1 is 1.13 bits per heavy atom. The lowest BCUT2D eigenvalue weighted by Gasteiger charge is -2.07. The highest BCUT2D eigenvalue weighted by molar-refractivity contribution is 5.92. The fourth-order valence-corrected chi connectivity index (χ4v) is 2.12. The fraction of sp³-hybridized carbons (Fsp3) is 0.389. The summed E-state index contributed by atoms with van der Waals surface area (Å²) in [5.41, 5.74) is 2.65. The molecule has 2 rings (SSSR count). The van der Waals surface area contributed by atoms with Crippen LogP contribution in [-0.2, 0) is 6.54 Å².